The number of nitrogens with one attached hydrogen (secondary N) is 1. The lowest BCUT2D eigenvalue weighted by molar-refractivity contribution is -0.124. The fraction of sp³-hybridized carbons (Fsp3) is 0.391. The van der Waals surface area contributed by atoms with Crippen molar-refractivity contribution in [1.82, 2.24) is 5.32 Å². The molecule has 2 aromatic carbocycles. The molecule has 0 fully saturated rings. The van der Waals surface area contributed by atoms with E-state index < -0.39 is 5.97 Å². The molecule has 0 aromatic heterocycles. The fourth-order valence-corrected chi connectivity index (χ4v) is 2.99. The summed E-state index contributed by atoms with van der Waals surface area (Å²) in [6.07, 6.45) is 0.976. The van der Waals surface area contributed by atoms with E-state index in [1.165, 1.54) is 25.8 Å². The minimum Gasteiger partial charge on any atom is -0.493 e. The average Bonchev–Trinajstić information content (AvgIpc) is 2.75. The van der Waals surface area contributed by atoms with Crippen molar-refractivity contribution in [1.29, 1.82) is 0 Å². The highest BCUT2D eigenvalue weighted by Gasteiger charge is 2.19. The number of carbonyl (C=O) groups is 2. The molecule has 1 atom stereocenters. The number of methoxy groups -OCH3 is 2. The van der Waals surface area contributed by atoms with E-state index in [-0.39, 0.29) is 24.5 Å². The Balaban J connectivity index is 2.04. The van der Waals surface area contributed by atoms with E-state index in [0.29, 0.717) is 17.1 Å². The minimum absolute atomic E-state index is 0.111. The molecule has 0 bridgehead atoms. The number of hydrogen-bond donors (Lipinski definition) is 1. The summed E-state index contributed by atoms with van der Waals surface area (Å²) in [7, 11) is 2.78. The lowest BCUT2D eigenvalue weighted by atomic mass is 9.95. The molecule has 0 aliphatic heterocycles. The molecular weight excluding hydrogens is 370 g/mol. The van der Waals surface area contributed by atoms with Crippen LogP contribution >= 0.6 is 0 Å². The van der Waals surface area contributed by atoms with Crippen molar-refractivity contribution in [2.45, 2.75) is 33.2 Å². The van der Waals surface area contributed by atoms with Crippen molar-refractivity contribution < 1.29 is 23.8 Å². The van der Waals surface area contributed by atoms with Crippen molar-refractivity contribution >= 4 is 11.9 Å². The van der Waals surface area contributed by atoms with E-state index in [1.807, 2.05) is 0 Å². The first-order valence-corrected chi connectivity index (χ1v) is 9.66. The molecule has 2 aromatic rings. The van der Waals surface area contributed by atoms with Gasteiger partial charge in [-0.15, -0.1) is 0 Å². The second-order valence-corrected chi connectivity index (χ2v) is 7.03. The van der Waals surface area contributed by atoms with Gasteiger partial charge in [-0.25, -0.2) is 4.79 Å². The van der Waals surface area contributed by atoms with Gasteiger partial charge in [0, 0.05) is 0 Å². The summed E-state index contributed by atoms with van der Waals surface area (Å²) >= 11 is 0. The molecule has 0 spiro atoms. The predicted molar refractivity (Wildman–Crippen MR) is 111 cm³/mol. The van der Waals surface area contributed by atoms with Crippen LogP contribution in [0.1, 0.15) is 48.3 Å². The van der Waals surface area contributed by atoms with Crippen molar-refractivity contribution in [2.24, 2.45) is 5.92 Å². The molecule has 156 valence electrons. The third-order valence-corrected chi connectivity index (χ3v) is 4.67. The van der Waals surface area contributed by atoms with E-state index in [2.05, 4.69) is 50.4 Å². The third kappa shape index (κ3) is 5.98. The first-order chi connectivity index (χ1) is 13.9. The molecule has 6 nitrogen and oxygen atoms in total. The standard InChI is InChI=1S/C23H29NO5/c1-6-16-7-9-17(10-8-16)22(15(2)3)24-21(25)14-29-19-12-11-18(23(26)28-5)13-20(19)27-4/h7-13,15,22H,6,14H2,1-5H3,(H,24,25)/t22-/m0/s1. The highest BCUT2D eigenvalue weighted by atomic mass is 16.5. The topological polar surface area (TPSA) is 73.9 Å². The van der Waals surface area contributed by atoms with E-state index in [1.54, 1.807) is 12.1 Å². The van der Waals surface area contributed by atoms with Gasteiger partial charge < -0.3 is 19.5 Å². The summed E-state index contributed by atoms with van der Waals surface area (Å²) in [6, 6.07) is 12.8. The van der Waals surface area contributed by atoms with Crippen LogP contribution in [-0.2, 0) is 16.0 Å². The van der Waals surface area contributed by atoms with Gasteiger partial charge in [0.25, 0.3) is 5.91 Å². The largest absolute Gasteiger partial charge is 0.493 e. The summed E-state index contributed by atoms with van der Waals surface area (Å²) in [5, 5.41) is 3.04. The van der Waals surface area contributed by atoms with E-state index in [0.717, 1.165) is 12.0 Å². The van der Waals surface area contributed by atoms with E-state index in [9.17, 15) is 9.59 Å². The molecule has 1 amide bonds. The summed E-state index contributed by atoms with van der Waals surface area (Å²) in [6.45, 7) is 6.08. The number of benzene rings is 2. The van der Waals surface area contributed by atoms with Gasteiger partial charge in [0.1, 0.15) is 0 Å². The van der Waals surface area contributed by atoms with Gasteiger partial charge in [0.05, 0.1) is 25.8 Å². The van der Waals surface area contributed by atoms with Crippen LogP contribution in [0.25, 0.3) is 0 Å². The monoisotopic (exact) mass is 399 g/mol. The maximum Gasteiger partial charge on any atom is 0.337 e. The summed E-state index contributed by atoms with van der Waals surface area (Å²) in [4.78, 5) is 24.1. The Morgan fingerprint density at radius 3 is 2.24 bits per heavy atom. The maximum absolute atomic E-state index is 12.5. The molecule has 0 unspecified atom stereocenters. The van der Waals surface area contributed by atoms with Gasteiger partial charge >= 0.3 is 5.97 Å². The Bertz CT molecular complexity index is 830. The van der Waals surface area contributed by atoms with Crippen LogP contribution in [0.3, 0.4) is 0 Å². The molecule has 0 aliphatic carbocycles. The summed E-state index contributed by atoms with van der Waals surface area (Å²) in [5.41, 5.74) is 2.66. The quantitative estimate of drug-likeness (QED) is 0.647. The number of aryl methyl sites for hydroxylation is 1. The fourth-order valence-electron chi connectivity index (χ4n) is 2.99. The highest BCUT2D eigenvalue weighted by molar-refractivity contribution is 5.90. The zero-order valence-electron chi connectivity index (χ0n) is 17.7. The number of rotatable bonds is 9. The van der Waals surface area contributed by atoms with E-state index in [4.69, 9.17) is 14.2 Å². The summed E-state index contributed by atoms with van der Waals surface area (Å²) < 4.78 is 15.6. The van der Waals surface area contributed by atoms with E-state index >= 15 is 0 Å². The SMILES string of the molecule is CCc1ccc([C@@H](NC(=O)COc2ccc(C(=O)OC)cc2OC)C(C)C)cc1. The first kappa shape index (κ1) is 22.3. The molecule has 2 rings (SSSR count). The third-order valence-electron chi connectivity index (χ3n) is 4.67. The molecular formula is C23H29NO5. The van der Waals surface area contributed by atoms with Gasteiger partial charge in [-0.3, -0.25) is 4.79 Å². The molecule has 1 N–H and O–H groups in total. The van der Waals surface area contributed by atoms with Crippen LogP contribution in [0.5, 0.6) is 11.5 Å². The highest BCUT2D eigenvalue weighted by Crippen LogP contribution is 2.28. The zero-order chi connectivity index (χ0) is 21.4. The van der Waals surface area contributed by atoms with Gasteiger partial charge in [0.2, 0.25) is 0 Å². The lowest BCUT2D eigenvalue weighted by Gasteiger charge is -2.23. The second-order valence-electron chi connectivity index (χ2n) is 7.03. The number of hydrogen-bond acceptors (Lipinski definition) is 5. The van der Waals surface area contributed by atoms with Gasteiger partial charge in [0.15, 0.2) is 18.1 Å². The van der Waals surface area contributed by atoms with Crippen LogP contribution in [0.15, 0.2) is 42.5 Å². The molecule has 6 heteroatoms. The number of carbonyl (C=O) groups excluding carboxylic acids is 2. The normalized spacial score (nSPS) is 11.7. The Labute approximate surface area is 172 Å². The Morgan fingerprint density at radius 2 is 1.69 bits per heavy atom. The van der Waals surface area contributed by atoms with Crippen LogP contribution in [0, 0.1) is 5.92 Å². The lowest BCUT2D eigenvalue weighted by Crippen LogP contribution is -2.35. The number of esters is 1. The van der Waals surface area contributed by atoms with Crippen molar-refractivity contribution in [3.8, 4) is 11.5 Å². The number of ether oxygens (including phenoxy) is 3. The minimum atomic E-state index is -0.471. The first-order valence-electron chi connectivity index (χ1n) is 9.66. The van der Waals surface area contributed by atoms with Crippen LogP contribution < -0.4 is 14.8 Å². The molecule has 0 radical (unpaired) electrons. The van der Waals surface area contributed by atoms with Crippen molar-refractivity contribution in [3.63, 3.8) is 0 Å². The van der Waals surface area contributed by atoms with Gasteiger partial charge in [-0.05, 0) is 41.7 Å². The number of amides is 1. The predicted octanol–water partition coefficient (Wildman–Crippen LogP) is 3.94. The molecule has 0 saturated carbocycles. The average molecular weight is 399 g/mol. The molecule has 0 aliphatic rings. The Morgan fingerprint density at radius 1 is 1.00 bits per heavy atom. The second kappa shape index (κ2) is 10.5. The van der Waals surface area contributed by atoms with Crippen molar-refractivity contribution in [2.75, 3.05) is 20.8 Å². The Kier molecular flexibility index (Phi) is 8.07. The zero-order valence-corrected chi connectivity index (χ0v) is 17.7. The van der Waals surface area contributed by atoms with Gasteiger partial charge in [-0.2, -0.15) is 0 Å². The van der Waals surface area contributed by atoms with Crippen LogP contribution in [-0.4, -0.2) is 32.7 Å². The maximum atomic E-state index is 12.5. The molecule has 29 heavy (non-hydrogen) atoms. The van der Waals surface area contributed by atoms with Crippen molar-refractivity contribution in [3.05, 3.63) is 59.2 Å². The van der Waals surface area contributed by atoms with Crippen LogP contribution in [0.2, 0.25) is 0 Å². The smallest absolute Gasteiger partial charge is 0.337 e. The summed E-state index contributed by atoms with van der Waals surface area (Å²) in [5.74, 6) is 0.254. The van der Waals surface area contributed by atoms with Crippen LogP contribution in [0.4, 0.5) is 0 Å². The Hall–Kier alpha value is -3.02. The molecule has 0 heterocycles. The van der Waals surface area contributed by atoms with Gasteiger partial charge in [-0.1, -0.05) is 45.0 Å². The molecule has 0 saturated heterocycles.